The van der Waals surface area contributed by atoms with Crippen LogP contribution in [0.25, 0.3) is 11.1 Å². The van der Waals surface area contributed by atoms with Crippen LogP contribution in [-0.4, -0.2) is 22.9 Å². The molecule has 3 atom stereocenters. The van der Waals surface area contributed by atoms with Crippen LogP contribution in [0.1, 0.15) is 51.4 Å². The number of amides is 1. The fourth-order valence-electron chi connectivity index (χ4n) is 5.33. The molecule has 1 saturated heterocycles. The number of ether oxygens (including phenoxy) is 2. The molecule has 1 amide bonds. The first-order valence-electron chi connectivity index (χ1n) is 14.9. The van der Waals surface area contributed by atoms with E-state index in [9.17, 15) is 9.90 Å². The smallest absolute Gasteiger partial charge is 0.251 e. The molecule has 1 aliphatic heterocycles. The quantitative estimate of drug-likeness (QED) is 0.158. The second kappa shape index (κ2) is 14.5. The van der Waals surface area contributed by atoms with E-state index in [1.54, 1.807) is 11.8 Å². The molecule has 0 unspecified atom stereocenters. The Balaban J connectivity index is 1.20. The third-order valence-electron chi connectivity index (χ3n) is 7.70. The van der Waals surface area contributed by atoms with E-state index in [1.807, 2.05) is 78.9 Å². The summed E-state index contributed by atoms with van der Waals surface area (Å²) in [5.74, 6) is 0.719. The summed E-state index contributed by atoms with van der Waals surface area (Å²) in [6, 6.07) is 44.1. The van der Waals surface area contributed by atoms with E-state index in [0.717, 1.165) is 45.6 Å². The Kier molecular flexibility index (Phi) is 9.85. The lowest BCUT2D eigenvalue weighted by molar-refractivity contribution is -0.245. The van der Waals surface area contributed by atoms with Crippen LogP contribution in [0.3, 0.4) is 0 Å². The standard InChI is InChI=1S/C38H35NO4S/c40-25-27-17-19-29(20-18-27)36-23-34(26-44-35-15-5-2-6-16-35)42-38(43-36)33-14-8-13-32(22-33)31-12-7-9-28(21-31)24-39-37(41)30-10-3-1-4-11-30/h1-22,34,36,38,40H,23-26H2,(H,39,41)/t34-,36+,38+/m0/s1. The molecule has 0 bridgehead atoms. The number of carbonyl (C=O) groups is 1. The molecule has 5 aromatic rings. The van der Waals surface area contributed by atoms with E-state index in [-0.39, 0.29) is 24.7 Å². The largest absolute Gasteiger partial charge is 0.392 e. The number of thioether (sulfide) groups is 1. The molecule has 44 heavy (non-hydrogen) atoms. The molecule has 6 heteroatoms. The van der Waals surface area contributed by atoms with Crippen LogP contribution in [-0.2, 0) is 22.6 Å². The van der Waals surface area contributed by atoms with Crippen molar-refractivity contribution < 1.29 is 19.4 Å². The molecule has 0 aromatic heterocycles. The summed E-state index contributed by atoms with van der Waals surface area (Å²) in [5, 5.41) is 12.5. The van der Waals surface area contributed by atoms with Gasteiger partial charge in [-0.25, -0.2) is 0 Å². The minimum Gasteiger partial charge on any atom is -0.392 e. The number of carbonyl (C=O) groups excluding carboxylic acids is 1. The van der Waals surface area contributed by atoms with E-state index in [1.165, 1.54) is 4.90 Å². The van der Waals surface area contributed by atoms with E-state index >= 15 is 0 Å². The molecule has 0 aliphatic carbocycles. The van der Waals surface area contributed by atoms with Crippen LogP contribution in [0, 0.1) is 0 Å². The van der Waals surface area contributed by atoms with E-state index in [4.69, 9.17) is 9.47 Å². The maximum atomic E-state index is 12.6. The van der Waals surface area contributed by atoms with Crippen LogP contribution in [0.15, 0.2) is 138 Å². The van der Waals surface area contributed by atoms with Gasteiger partial charge in [0.2, 0.25) is 0 Å². The zero-order chi connectivity index (χ0) is 30.1. The van der Waals surface area contributed by atoms with Crippen molar-refractivity contribution in [2.75, 3.05) is 5.75 Å². The minimum atomic E-state index is -0.527. The highest BCUT2D eigenvalue weighted by atomic mass is 32.2. The summed E-state index contributed by atoms with van der Waals surface area (Å²) in [5.41, 5.74) is 6.68. The van der Waals surface area contributed by atoms with Crippen molar-refractivity contribution >= 4 is 17.7 Å². The van der Waals surface area contributed by atoms with Gasteiger partial charge in [0, 0.05) is 34.7 Å². The Bertz CT molecular complexity index is 1660. The molecule has 5 nitrogen and oxygen atoms in total. The zero-order valence-electron chi connectivity index (χ0n) is 24.3. The molecular weight excluding hydrogens is 566 g/mol. The summed E-state index contributed by atoms with van der Waals surface area (Å²) in [4.78, 5) is 13.8. The van der Waals surface area contributed by atoms with Crippen molar-refractivity contribution in [3.05, 3.63) is 161 Å². The van der Waals surface area contributed by atoms with Gasteiger partial charge >= 0.3 is 0 Å². The van der Waals surface area contributed by atoms with Crippen LogP contribution < -0.4 is 5.32 Å². The number of aliphatic hydroxyl groups is 1. The fraction of sp³-hybridized carbons (Fsp3) is 0.184. The van der Waals surface area contributed by atoms with Crippen LogP contribution >= 0.6 is 11.8 Å². The Morgan fingerprint density at radius 2 is 1.43 bits per heavy atom. The average molecular weight is 602 g/mol. The molecule has 0 radical (unpaired) electrons. The summed E-state index contributed by atoms with van der Waals surface area (Å²) >= 11 is 1.79. The van der Waals surface area contributed by atoms with Crippen molar-refractivity contribution in [1.29, 1.82) is 0 Å². The predicted molar refractivity (Wildman–Crippen MR) is 175 cm³/mol. The predicted octanol–water partition coefficient (Wildman–Crippen LogP) is 8.11. The van der Waals surface area contributed by atoms with Crippen LogP contribution in [0.2, 0.25) is 0 Å². The molecule has 2 N–H and O–H groups in total. The molecule has 222 valence electrons. The van der Waals surface area contributed by atoms with Gasteiger partial charge in [0.05, 0.1) is 18.8 Å². The van der Waals surface area contributed by atoms with Crippen molar-refractivity contribution in [3.63, 3.8) is 0 Å². The van der Waals surface area contributed by atoms with Gasteiger partial charge in [-0.2, -0.15) is 0 Å². The van der Waals surface area contributed by atoms with Gasteiger partial charge in [-0.05, 0) is 64.2 Å². The number of benzene rings is 5. The number of nitrogens with one attached hydrogen (secondary N) is 1. The topological polar surface area (TPSA) is 67.8 Å². The summed E-state index contributed by atoms with van der Waals surface area (Å²) < 4.78 is 13.2. The summed E-state index contributed by atoms with van der Waals surface area (Å²) in [6.45, 7) is 0.453. The first-order chi connectivity index (χ1) is 21.6. The first-order valence-corrected chi connectivity index (χ1v) is 15.8. The van der Waals surface area contributed by atoms with Gasteiger partial charge in [-0.15, -0.1) is 11.8 Å². The van der Waals surface area contributed by atoms with Gasteiger partial charge < -0.3 is 19.9 Å². The Labute approximate surface area is 262 Å². The molecule has 6 rings (SSSR count). The average Bonchev–Trinajstić information content (AvgIpc) is 3.10. The third-order valence-corrected chi connectivity index (χ3v) is 8.85. The monoisotopic (exact) mass is 601 g/mol. The highest BCUT2D eigenvalue weighted by Gasteiger charge is 2.32. The maximum Gasteiger partial charge on any atom is 0.251 e. The lowest BCUT2D eigenvalue weighted by Gasteiger charge is -2.36. The van der Waals surface area contributed by atoms with E-state index in [2.05, 4.69) is 59.9 Å². The SMILES string of the molecule is O=C(NCc1cccc(-c2cccc([C@@H]3O[C@H](CSc4ccccc4)C[C@H](c4ccc(CO)cc4)O3)c2)c1)c1ccccc1. The van der Waals surface area contributed by atoms with Crippen molar-refractivity contribution in [2.45, 2.75) is 43.0 Å². The minimum absolute atomic E-state index is 0.0123. The molecular formula is C38H35NO4S. The highest BCUT2D eigenvalue weighted by Crippen LogP contribution is 2.40. The van der Waals surface area contributed by atoms with Gasteiger partial charge in [-0.1, -0.05) is 97.1 Å². The summed E-state index contributed by atoms with van der Waals surface area (Å²) in [7, 11) is 0. The lowest BCUT2D eigenvalue weighted by atomic mass is 9.99. The Morgan fingerprint density at radius 1 is 0.727 bits per heavy atom. The van der Waals surface area contributed by atoms with Gasteiger partial charge in [-0.3, -0.25) is 4.79 Å². The van der Waals surface area contributed by atoms with Crippen molar-refractivity contribution in [2.24, 2.45) is 0 Å². The number of hydrogen-bond acceptors (Lipinski definition) is 5. The molecule has 1 aliphatic rings. The fourth-order valence-corrected chi connectivity index (χ4v) is 6.27. The second-order valence-corrected chi connectivity index (χ2v) is 11.9. The van der Waals surface area contributed by atoms with Crippen LogP contribution in [0.5, 0.6) is 0 Å². The maximum absolute atomic E-state index is 12.6. The highest BCUT2D eigenvalue weighted by molar-refractivity contribution is 7.99. The molecule has 0 saturated carbocycles. The number of aliphatic hydroxyl groups excluding tert-OH is 1. The molecule has 5 aromatic carbocycles. The van der Waals surface area contributed by atoms with Gasteiger partial charge in [0.25, 0.3) is 5.91 Å². The normalized spacial score (nSPS) is 18.1. The van der Waals surface area contributed by atoms with Crippen LogP contribution in [0.4, 0.5) is 0 Å². The van der Waals surface area contributed by atoms with Crippen molar-refractivity contribution in [3.8, 4) is 11.1 Å². The third kappa shape index (κ3) is 7.65. The van der Waals surface area contributed by atoms with Crippen molar-refractivity contribution in [1.82, 2.24) is 5.32 Å². The van der Waals surface area contributed by atoms with E-state index in [0.29, 0.717) is 12.1 Å². The first kappa shape index (κ1) is 29.9. The lowest BCUT2D eigenvalue weighted by Crippen LogP contribution is -2.31. The summed E-state index contributed by atoms with van der Waals surface area (Å²) in [6.07, 6.45) is 0.0660. The Hall–Kier alpha value is -4.20. The number of hydrogen-bond donors (Lipinski definition) is 2. The van der Waals surface area contributed by atoms with Gasteiger partial charge in [0.1, 0.15) is 0 Å². The molecule has 0 spiro atoms. The Morgan fingerprint density at radius 3 is 2.18 bits per heavy atom. The number of rotatable bonds is 10. The van der Waals surface area contributed by atoms with E-state index < -0.39 is 6.29 Å². The second-order valence-electron chi connectivity index (χ2n) is 10.8. The molecule has 1 heterocycles. The van der Waals surface area contributed by atoms with Gasteiger partial charge in [0.15, 0.2) is 6.29 Å². The molecule has 1 fully saturated rings. The zero-order valence-corrected chi connectivity index (χ0v) is 25.2.